The number of halogens is 1. The quantitative estimate of drug-likeness (QED) is 0.865. The predicted octanol–water partition coefficient (Wildman–Crippen LogP) is 3.01. The molecule has 1 amide bonds. The van der Waals surface area contributed by atoms with Crippen molar-refractivity contribution in [3.05, 3.63) is 17.5 Å². The molecule has 1 N–H and O–H groups in total. The van der Waals surface area contributed by atoms with Gasteiger partial charge in [-0.3, -0.25) is 0 Å². The fraction of sp³-hybridized carbons (Fsp3) is 0.667. The van der Waals surface area contributed by atoms with Crippen LogP contribution in [0.15, 0.2) is 12.4 Å². The number of nitrogens with one attached hydrogen (secondary N) is 1. The van der Waals surface area contributed by atoms with E-state index in [-0.39, 0.29) is 6.04 Å². The molecule has 0 aliphatic carbocycles. The number of anilines is 1. The third-order valence-electron chi connectivity index (χ3n) is 3.42. The van der Waals surface area contributed by atoms with Crippen LogP contribution in [-0.4, -0.2) is 40.8 Å². The number of carbonyl (C=O) groups excluding carboxylic acids is 1. The Labute approximate surface area is 136 Å². The lowest BCUT2D eigenvalue weighted by molar-refractivity contribution is 0.0523. The smallest absolute Gasteiger partial charge is 0.407 e. The molecule has 1 aromatic rings. The molecule has 0 aromatic carbocycles. The second kappa shape index (κ2) is 7.13. The van der Waals surface area contributed by atoms with Gasteiger partial charge in [-0.1, -0.05) is 11.6 Å². The number of hydrogen-bond donors (Lipinski definition) is 1. The molecule has 2 rings (SSSR count). The maximum absolute atomic E-state index is 11.8. The molecule has 0 radical (unpaired) electrons. The lowest BCUT2D eigenvalue weighted by Gasteiger charge is -2.36. The van der Waals surface area contributed by atoms with Gasteiger partial charge in [-0.05, 0) is 40.0 Å². The highest BCUT2D eigenvalue weighted by Crippen LogP contribution is 2.24. The highest BCUT2D eigenvalue weighted by molar-refractivity contribution is 6.29. The second-order valence-electron chi connectivity index (χ2n) is 6.42. The zero-order valence-corrected chi connectivity index (χ0v) is 14.1. The fourth-order valence-electron chi connectivity index (χ4n) is 2.51. The molecule has 1 aliphatic rings. The molecule has 0 bridgehead atoms. The molecule has 1 aliphatic heterocycles. The second-order valence-corrected chi connectivity index (χ2v) is 6.81. The van der Waals surface area contributed by atoms with Crippen molar-refractivity contribution in [1.29, 1.82) is 0 Å². The summed E-state index contributed by atoms with van der Waals surface area (Å²) in [5, 5.41) is 3.27. The van der Waals surface area contributed by atoms with Crippen LogP contribution < -0.4 is 10.2 Å². The standard InChI is InChI=1S/C15H23ClN4O2/c1-15(2,3)22-14(21)17-9-11-6-4-5-7-20(11)13-8-12(16)18-10-19-13/h8,10-11H,4-7,9H2,1-3H3,(H,17,21)/t11-/m1/s1. The van der Waals surface area contributed by atoms with Gasteiger partial charge in [0.15, 0.2) is 0 Å². The van der Waals surface area contributed by atoms with Gasteiger partial charge in [-0.15, -0.1) is 0 Å². The summed E-state index contributed by atoms with van der Waals surface area (Å²) < 4.78 is 5.27. The minimum absolute atomic E-state index is 0.187. The SMILES string of the molecule is CC(C)(C)OC(=O)NC[C@H]1CCCCN1c1cc(Cl)ncn1. The van der Waals surface area contributed by atoms with Gasteiger partial charge in [0.1, 0.15) is 22.9 Å². The summed E-state index contributed by atoms with van der Waals surface area (Å²) in [7, 11) is 0. The van der Waals surface area contributed by atoms with Crippen LogP contribution in [0, 0.1) is 0 Å². The summed E-state index contributed by atoms with van der Waals surface area (Å²) in [6.07, 6.45) is 4.31. The number of piperidine rings is 1. The molecule has 0 saturated carbocycles. The highest BCUT2D eigenvalue weighted by atomic mass is 35.5. The number of alkyl carbamates (subject to hydrolysis) is 1. The number of nitrogens with zero attached hydrogens (tertiary/aromatic N) is 3. The van der Waals surface area contributed by atoms with Crippen LogP contribution in [0.25, 0.3) is 0 Å². The van der Waals surface area contributed by atoms with Crippen LogP contribution >= 0.6 is 11.6 Å². The van der Waals surface area contributed by atoms with Gasteiger partial charge in [-0.25, -0.2) is 14.8 Å². The first-order valence-corrected chi connectivity index (χ1v) is 7.94. The van der Waals surface area contributed by atoms with E-state index in [9.17, 15) is 4.79 Å². The molecule has 7 heteroatoms. The predicted molar refractivity (Wildman–Crippen MR) is 86.3 cm³/mol. The van der Waals surface area contributed by atoms with E-state index in [1.165, 1.54) is 6.33 Å². The average Bonchev–Trinajstić information content (AvgIpc) is 2.44. The number of hydrogen-bond acceptors (Lipinski definition) is 5. The lowest BCUT2D eigenvalue weighted by Crippen LogP contribution is -2.48. The van der Waals surface area contributed by atoms with Crippen molar-refractivity contribution >= 4 is 23.5 Å². The summed E-state index contributed by atoms with van der Waals surface area (Å²) in [6.45, 7) is 6.97. The minimum atomic E-state index is -0.490. The molecular formula is C15H23ClN4O2. The summed E-state index contributed by atoms with van der Waals surface area (Å²) >= 11 is 5.94. The van der Waals surface area contributed by atoms with Crippen LogP contribution in [0.4, 0.5) is 10.6 Å². The van der Waals surface area contributed by atoms with Crippen molar-refractivity contribution in [3.63, 3.8) is 0 Å². The van der Waals surface area contributed by atoms with E-state index in [0.717, 1.165) is 31.6 Å². The van der Waals surface area contributed by atoms with E-state index in [1.54, 1.807) is 6.07 Å². The number of amides is 1. The number of ether oxygens (including phenoxy) is 1. The van der Waals surface area contributed by atoms with E-state index in [0.29, 0.717) is 11.7 Å². The van der Waals surface area contributed by atoms with Crippen molar-refractivity contribution in [2.75, 3.05) is 18.0 Å². The van der Waals surface area contributed by atoms with Crippen molar-refractivity contribution in [3.8, 4) is 0 Å². The van der Waals surface area contributed by atoms with Crippen LogP contribution in [0.1, 0.15) is 40.0 Å². The van der Waals surface area contributed by atoms with E-state index < -0.39 is 11.7 Å². The van der Waals surface area contributed by atoms with Gasteiger partial charge < -0.3 is 15.0 Å². The Hall–Kier alpha value is -1.56. The van der Waals surface area contributed by atoms with Gasteiger partial charge in [-0.2, -0.15) is 0 Å². The van der Waals surface area contributed by atoms with Crippen molar-refractivity contribution < 1.29 is 9.53 Å². The minimum Gasteiger partial charge on any atom is -0.444 e. The molecule has 0 unspecified atom stereocenters. The molecule has 1 atom stereocenters. The van der Waals surface area contributed by atoms with Crippen LogP contribution in [0.2, 0.25) is 5.15 Å². The first-order chi connectivity index (χ1) is 10.3. The Bertz CT molecular complexity index is 519. The van der Waals surface area contributed by atoms with Crippen molar-refractivity contribution in [2.45, 2.75) is 51.7 Å². The molecular weight excluding hydrogens is 304 g/mol. The summed E-state index contributed by atoms with van der Waals surface area (Å²) in [4.78, 5) is 22.2. The molecule has 2 heterocycles. The fourth-order valence-corrected chi connectivity index (χ4v) is 2.65. The van der Waals surface area contributed by atoms with Gasteiger partial charge >= 0.3 is 6.09 Å². The number of rotatable bonds is 3. The Morgan fingerprint density at radius 3 is 2.91 bits per heavy atom. The molecule has 6 nitrogen and oxygen atoms in total. The maximum Gasteiger partial charge on any atom is 0.407 e. The molecule has 1 saturated heterocycles. The maximum atomic E-state index is 11.8. The number of aromatic nitrogens is 2. The van der Waals surface area contributed by atoms with E-state index in [1.807, 2.05) is 20.8 Å². The molecule has 122 valence electrons. The Morgan fingerprint density at radius 2 is 2.23 bits per heavy atom. The monoisotopic (exact) mass is 326 g/mol. The third kappa shape index (κ3) is 5.02. The topological polar surface area (TPSA) is 67.3 Å². The van der Waals surface area contributed by atoms with Crippen molar-refractivity contribution in [2.24, 2.45) is 0 Å². The first-order valence-electron chi connectivity index (χ1n) is 7.56. The van der Waals surface area contributed by atoms with Gasteiger partial charge in [0.2, 0.25) is 0 Å². The molecule has 1 aromatic heterocycles. The Kier molecular flexibility index (Phi) is 5.45. The average molecular weight is 327 g/mol. The highest BCUT2D eigenvalue weighted by Gasteiger charge is 2.25. The van der Waals surface area contributed by atoms with Gasteiger partial charge in [0.25, 0.3) is 0 Å². The lowest BCUT2D eigenvalue weighted by atomic mass is 10.0. The Morgan fingerprint density at radius 1 is 1.45 bits per heavy atom. The summed E-state index contributed by atoms with van der Waals surface area (Å²) in [5.41, 5.74) is -0.490. The zero-order valence-electron chi connectivity index (χ0n) is 13.3. The van der Waals surface area contributed by atoms with Crippen LogP contribution in [-0.2, 0) is 4.74 Å². The van der Waals surface area contributed by atoms with Gasteiger partial charge in [0.05, 0.1) is 0 Å². The molecule has 1 fully saturated rings. The first kappa shape index (κ1) is 16.8. The molecule has 0 spiro atoms. The van der Waals surface area contributed by atoms with Crippen molar-refractivity contribution in [1.82, 2.24) is 15.3 Å². The van der Waals surface area contributed by atoms with E-state index >= 15 is 0 Å². The summed E-state index contributed by atoms with van der Waals surface area (Å²) in [6, 6.07) is 1.94. The normalized spacial score (nSPS) is 18.9. The third-order valence-corrected chi connectivity index (χ3v) is 3.63. The van der Waals surface area contributed by atoms with Gasteiger partial charge in [0, 0.05) is 25.2 Å². The summed E-state index contributed by atoms with van der Waals surface area (Å²) in [5.74, 6) is 0.802. The van der Waals surface area contributed by atoms with Crippen LogP contribution in [0.5, 0.6) is 0 Å². The van der Waals surface area contributed by atoms with Crippen LogP contribution in [0.3, 0.4) is 0 Å². The Balaban J connectivity index is 1.97. The molecule has 22 heavy (non-hydrogen) atoms. The number of carbonyl (C=O) groups is 1. The zero-order chi connectivity index (χ0) is 16.2. The largest absolute Gasteiger partial charge is 0.444 e. The van der Waals surface area contributed by atoms with E-state index in [2.05, 4.69) is 20.2 Å². The van der Waals surface area contributed by atoms with E-state index in [4.69, 9.17) is 16.3 Å².